The Bertz CT molecular complexity index is 609. The number of thiazole rings is 1. The molecule has 0 fully saturated rings. The Kier molecular flexibility index (Phi) is 2.86. The van der Waals surface area contributed by atoms with Gasteiger partial charge in [-0.25, -0.2) is 9.97 Å². The summed E-state index contributed by atoms with van der Waals surface area (Å²) in [5.74, 6) is 0. The topological polar surface area (TPSA) is 41.6 Å². The van der Waals surface area contributed by atoms with E-state index < -0.39 is 0 Å². The van der Waals surface area contributed by atoms with Gasteiger partial charge in [0.15, 0.2) is 9.50 Å². The SMILES string of the molecule is CCc1cnc(Sc2nc3ccccc3s2)[nH]1. The molecule has 3 aromatic rings. The predicted molar refractivity (Wildman–Crippen MR) is 71.7 cm³/mol. The fourth-order valence-corrected chi connectivity index (χ4v) is 3.51. The molecule has 1 N–H and O–H groups in total. The molecule has 0 aliphatic rings. The molecule has 0 bridgehead atoms. The van der Waals surface area contributed by atoms with Gasteiger partial charge in [0.25, 0.3) is 0 Å². The quantitative estimate of drug-likeness (QED) is 0.781. The van der Waals surface area contributed by atoms with Crippen LogP contribution < -0.4 is 0 Å². The molecule has 3 nitrogen and oxygen atoms in total. The highest BCUT2D eigenvalue weighted by atomic mass is 32.2. The fraction of sp³-hybridized carbons (Fsp3) is 0.167. The number of nitrogens with one attached hydrogen (secondary N) is 1. The van der Waals surface area contributed by atoms with Crippen molar-refractivity contribution in [1.82, 2.24) is 15.0 Å². The third kappa shape index (κ3) is 2.21. The molecule has 0 aliphatic carbocycles. The molecule has 2 aromatic heterocycles. The minimum absolute atomic E-state index is 0.918. The number of rotatable bonds is 3. The molecule has 0 saturated carbocycles. The van der Waals surface area contributed by atoms with Crippen LogP contribution in [0.2, 0.25) is 0 Å². The Hall–Kier alpha value is -1.33. The van der Waals surface area contributed by atoms with E-state index in [9.17, 15) is 0 Å². The van der Waals surface area contributed by atoms with Crippen molar-refractivity contribution in [1.29, 1.82) is 0 Å². The molecule has 0 radical (unpaired) electrons. The summed E-state index contributed by atoms with van der Waals surface area (Å²) in [5.41, 5.74) is 2.22. The van der Waals surface area contributed by atoms with Crippen molar-refractivity contribution in [2.75, 3.05) is 0 Å². The molecule has 3 rings (SSSR count). The van der Waals surface area contributed by atoms with Crippen LogP contribution in [0.25, 0.3) is 10.2 Å². The lowest BCUT2D eigenvalue weighted by molar-refractivity contribution is 0.993. The molecule has 0 saturated heterocycles. The van der Waals surface area contributed by atoms with E-state index in [0.29, 0.717) is 0 Å². The molecule has 86 valence electrons. The van der Waals surface area contributed by atoms with Crippen molar-refractivity contribution >= 4 is 33.3 Å². The maximum absolute atomic E-state index is 4.56. The average molecular weight is 261 g/mol. The zero-order valence-electron chi connectivity index (χ0n) is 9.30. The summed E-state index contributed by atoms with van der Waals surface area (Å²) >= 11 is 3.29. The van der Waals surface area contributed by atoms with Gasteiger partial charge in [0.2, 0.25) is 0 Å². The lowest BCUT2D eigenvalue weighted by atomic mass is 10.3. The van der Waals surface area contributed by atoms with Gasteiger partial charge in [0.05, 0.1) is 10.2 Å². The van der Waals surface area contributed by atoms with Gasteiger partial charge in [-0.2, -0.15) is 0 Å². The Labute approximate surface area is 107 Å². The van der Waals surface area contributed by atoms with E-state index in [1.54, 1.807) is 23.1 Å². The van der Waals surface area contributed by atoms with Crippen LogP contribution >= 0.6 is 23.1 Å². The first kappa shape index (κ1) is 10.8. The van der Waals surface area contributed by atoms with Gasteiger partial charge in [-0.15, -0.1) is 11.3 Å². The maximum atomic E-state index is 4.56. The first-order chi connectivity index (χ1) is 8.35. The van der Waals surface area contributed by atoms with Crippen LogP contribution in [0.1, 0.15) is 12.6 Å². The maximum Gasteiger partial charge on any atom is 0.172 e. The minimum Gasteiger partial charge on any atom is -0.337 e. The summed E-state index contributed by atoms with van der Waals surface area (Å²) < 4.78 is 2.25. The lowest BCUT2D eigenvalue weighted by Crippen LogP contribution is -1.78. The number of H-pyrrole nitrogens is 1. The van der Waals surface area contributed by atoms with Gasteiger partial charge < -0.3 is 4.98 Å². The molecule has 0 atom stereocenters. The number of hydrogen-bond acceptors (Lipinski definition) is 4. The fourth-order valence-electron chi connectivity index (χ4n) is 1.55. The molecule has 17 heavy (non-hydrogen) atoms. The zero-order valence-corrected chi connectivity index (χ0v) is 10.9. The zero-order chi connectivity index (χ0) is 11.7. The van der Waals surface area contributed by atoms with Crippen LogP contribution in [-0.4, -0.2) is 15.0 Å². The molecular formula is C12H11N3S2. The van der Waals surface area contributed by atoms with Gasteiger partial charge >= 0.3 is 0 Å². The van der Waals surface area contributed by atoms with Crippen LogP contribution in [0.4, 0.5) is 0 Å². The average Bonchev–Trinajstić information content (AvgIpc) is 2.94. The number of fused-ring (bicyclic) bond motifs is 1. The van der Waals surface area contributed by atoms with Crippen LogP contribution in [0, 0.1) is 0 Å². The molecule has 0 spiro atoms. The summed E-state index contributed by atoms with van der Waals surface area (Å²) in [7, 11) is 0. The number of aromatic amines is 1. The smallest absolute Gasteiger partial charge is 0.172 e. The highest BCUT2D eigenvalue weighted by Crippen LogP contribution is 2.32. The van der Waals surface area contributed by atoms with E-state index in [4.69, 9.17) is 0 Å². The standard InChI is InChI=1S/C12H11N3S2/c1-2-8-7-13-11(14-8)17-12-15-9-5-3-4-6-10(9)16-12/h3-7H,2H2,1H3,(H,13,14). The van der Waals surface area contributed by atoms with Crippen LogP contribution in [0.3, 0.4) is 0 Å². The number of hydrogen-bond donors (Lipinski definition) is 1. The van der Waals surface area contributed by atoms with Crippen molar-refractivity contribution in [2.45, 2.75) is 22.8 Å². The van der Waals surface area contributed by atoms with Gasteiger partial charge in [-0.1, -0.05) is 19.1 Å². The number of aryl methyl sites for hydroxylation is 1. The first-order valence-electron chi connectivity index (χ1n) is 5.42. The second-order valence-corrected chi connectivity index (χ2v) is 5.88. The molecule has 0 unspecified atom stereocenters. The lowest BCUT2D eigenvalue weighted by Gasteiger charge is -1.90. The van der Waals surface area contributed by atoms with Gasteiger partial charge in [-0.05, 0) is 30.3 Å². The third-order valence-corrected chi connectivity index (χ3v) is 4.44. The van der Waals surface area contributed by atoms with E-state index in [0.717, 1.165) is 27.1 Å². The van der Waals surface area contributed by atoms with E-state index in [2.05, 4.69) is 27.9 Å². The Morgan fingerprint density at radius 3 is 3.00 bits per heavy atom. The first-order valence-corrected chi connectivity index (χ1v) is 7.06. The van der Waals surface area contributed by atoms with Crippen LogP contribution in [0.15, 0.2) is 40.0 Å². The highest BCUT2D eigenvalue weighted by Gasteiger charge is 2.07. The van der Waals surface area contributed by atoms with Gasteiger partial charge in [0.1, 0.15) is 0 Å². The Morgan fingerprint density at radius 1 is 1.35 bits per heavy atom. The number of para-hydroxylation sites is 1. The number of aromatic nitrogens is 3. The van der Waals surface area contributed by atoms with E-state index in [-0.39, 0.29) is 0 Å². The Morgan fingerprint density at radius 2 is 2.24 bits per heavy atom. The molecule has 0 amide bonds. The van der Waals surface area contributed by atoms with Gasteiger partial charge in [-0.3, -0.25) is 0 Å². The number of nitrogens with zero attached hydrogens (tertiary/aromatic N) is 2. The van der Waals surface area contributed by atoms with E-state index in [1.165, 1.54) is 4.70 Å². The molecule has 1 aromatic carbocycles. The number of imidazole rings is 1. The predicted octanol–water partition coefficient (Wildman–Crippen LogP) is 3.73. The molecule has 0 aliphatic heterocycles. The normalized spacial score (nSPS) is 11.1. The summed E-state index contributed by atoms with van der Waals surface area (Å²) in [4.78, 5) is 12.2. The molecular weight excluding hydrogens is 250 g/mol. The van der Waals surface area contributed by atoms with Gasteiger partial charge in [0, 0.05) is 11.9 Å². The van der Waals surface area contributed by atoms with Crippen LogP contribution in [0.5, 0.6) is 0 Å². The van der Waals surface area contributed by atoms with Crippen LogP contribution in [-0.2, 0) is 6.42 Å². The molecule has 5 heteroatoms. The monoisotopic (exact) mass is 261 g/mol. The van der Waals surface area contributed by atoms with E-state index >= 15 is 0 Å². The summed E-state index contributed by atoms with van der Waals surface area (Å²) in [6.45, 7) is 2.11. The third-order valence-electron chi connectivity index (χ3n) is 2.44. The van der Waals surface area contributed by atoms with Crippen molar-refractivity contribution in [3.05, 3.63) is 36.2 Å². The largest absolute Gasteiger partial charge is 0.337 e. The summed E-state index contributed by atoms with van der Waals surface area (Å²) in [6.07, 6.45) is 2.86. The second kappa shape index (κ2) is 4.50. The van der Waals surface area contributed by atoms with Crippen molar-refractivity contribution in [3.8, 4) is 0 Å². The van der Waals surface area contributed by atoms with E-state index in [1.807, 2.05) is 24.4 Å². The highest BCUT2D eigenvalue weighted by molar-refractivity contribution is 8.01. The number of benzene rings is 1. The second-order valence-electron chi connectivity index (χ2n) is 3.62. The minimum atomic E-state index is 0.918. The van der Waals surface area contributed by atoms with Crippen molar-refractivity contribution in [3.63, 3.8) is 0 Å². The summed E-state index contributed by atoms with van der Waals surface area (Å²) in [6, 6.07) is 8.18. The molecule has 2 heterocycles. The summed E-state index contributed by atoms with van der Waals surface area (Å²) in [5, 5.41) is 0.918. The Balaban J connectivity index is 1.89. The van der Waals surface area contributed by atoms with Crippen molar-refractivity contribution < 1.29 is 0 Å². The van der Waals surface area contributed by atoms with Crippen molar-refractivity contribution in [2.24, 2.45) is 0 Å².